The number of carbonyl (C=O) groups is 4. The molecule has 0 saturated carbocycles. The van der Waals surface area contributed by atoms with Gasteiger partial charge in [0.1, 0.15) is 11.5 Å². The molecule has 3 amide bonds. The van der Waals surface area contributed by atoms with E-state index in [0.29, 0.717) is 28.3 Å². The zero-order chi connectivity index (χ0) is 30.2. The number of allylic oxidation sites excluding steroid dienone is 1. The topological polar surface area (TPSA) is 178 Å². The first kappa shape index (κ1) is 29.4. The van der Waals surface area contributed by atoms with Crippen molar-refractivity contribution in [3.05, 3.63) is 82.8 Å². The van der Waals surface area contributed by atoms with Gasteiger partial charge in [0.25, 0.3) is 5.91 Å². The third kappa shape index (κ3) is 6.75. The number of carbonyl (C=O) groups excluding carboxylic acids is 3. The smallest absolute Gasteiger partial charge is 0.338 e. The van der Waals surface area contributed by atoms with E-state index >= 15 is 0 Å². The number of ether oxygens (including phenoxy) is 3. The minimum atomic E-state index is -1.08. The first-order chi connectivity index (χ1) is 20.2. The Morgan fingerprint density at radius 3 is 2.64 bits per heavy atom. The highest BCUT2D eigenvalue weighted by Gasteiger charge is 2.32. The van der Waals surface area contributed by atoms with E-state index < -0.39 is 36.5 Å². The fourth-order valence-electron chi connectivity index (χ4n) is 4.20. The molecule has 1 aliphatic heterocycles. The number of carboxylic acid groups (broad SMARTS) is 1. The fourth-order valence-corrected chi connectivity index (χ4v) is 4.20. The lowest BCUT2D eigenvalue weighted by Gasteiger charge is -2.28. The second-order valence-corrected chi connectivity index (χ2v) is 8.84. The Morgan fingerprint density at radius 2 is 1.90 bits per heavy atom. The van der Waals surface area contributed by atoms with Gasteiger partial charge in [-0.05, 0) is 49.7 Å². The van der Waals surface area contributed by atoms with Crippen LogP contribution < -0.4 is 25.5 Å². The van der Waals surface area contributed by atoms with Crippen molar-refractivity contribution in [3.63, 3.8) is 0 Å². The molecule has 0 spiro atoms. The van der Waals surface area contributed by atoms with Crippen molar-refractivity contribution in [3.8, 4) is 22.8 Å². The Bertz CT molecular complexity index is 1570. The largest absolute Gasteiger partial charge is 0.493 e. The number of rotatable bonds is 11. The van der Waals surface area contributed by atoms with Gasteiger partial charge in [-0.3, -0.25) is 4.79 Å². The average molecular weight is 577 g/mol. The van der Waals surface area contributed by atoms with Gasteiger partial charge in [-0.25, -0.2) is 19.8 Å². The van der Waals surface area contributed by atoms with Crippen LogP contribution in [0.3, 0.4) is 0 Å². The molecule has 42 heavy (non-hydrogen) atoms. The summed E-state index contributed by atoms with van der Waals surface area (Å²) >= 11 is 0. The maximum atomic E-state index is 12.6. The van der Waals surface area contributed by atoms with Crippen LogP contribution in [0.15, 0.2) is 75.4 Å². The average Bonchev–Trinajstić information content (AvgIpc) is 3.44. The van der Waals surface area contributed by atoms with E-state index in [2.05, 4.69) is 21.2 Å². The van der Waals surface area contributed by atoms with E-state index in [1.807, 2.05) is 0 Å². The predicted molar refractivity (Wildman–Crippen MR) is 149 cm³/mol. The number of hydrazone groups is 1. The van der Waals surface area contributed by atoms with Crippen molar-refractivity contribution in [1.82, 2.24) is 16.1 Å². The molecule has 1 aliphatic rings. The van der Waals surface area contributed by atoms with Gasteiger partial charge in [-0.1, -0.05) is 24.3 Å². The Kier molecular flexibility index (Phi) is 9.22. The van der Waals surface area contributed by atoms with Crippen LogP contribution in [-0.4, -0.2) is 55.5 Å². The first-order valence-electron chi connectivity index (χ1n) is 12.7. The van der Waals surface area contributed by atoms with E-state index in [1.165, 1.54) is 19.4 Å². The van der Waals surface area contributed by atoms with E-state index in [-0.39, 0.29) is 29.2 Å². The maximum Gasteiger partial charge on any atom is 0.338 e. The molecule has 0 saturated heterocycles. The van der Waals surface area contributed by atoms with Crippen LogP contribution in [0, 0.1) is 0 Å². The number of nitrogens with zero attached hydrogens (tertiary/aromatic N) is 1. The van der Waals surface area contributed by atoms with Crippen LogP contribution in [0.1, 0.15) is 41.6 Å². The molecule has 3 aromatic rings. The molecule has 1 atom stereocenters. The number of hydrogen-bond donors (Lipinski definition) is 4. The molecular formula is C29H28N4O9. The molecule has 0 radical (unpaired) electrons. The normalized spacial score (nSPS) is 14.6. The molecule has 0 unspecified atom stereocenters. The lowest BCUT2D eigenvalue weighted by Crippen LogP contribution is -2.45. The summed E-state index contributed by atoms with van der Waals surface area (Å²) in [5.41, 5.74) is 3.98. The zero-order valence-electron chi connectivity index (χ0n) is 22.9. The van der Waals surface area contributed by atoms with Crippen LogP contribution >= 0.6 is 0 Å². The second-order valence-electron chi connectivity index (χ2n) is 8.84. The molecule has 0 aliphatic carbocycles. The standard InChI is InChI=1S/C29H28N4O9/c1-4-40-28(37)25-16(2)31-29(38)32-26(25)17-9-11-22(23(13-17)39-3)41-15-24(34)33-30-14-18-10-12-21(42-18)19-7-5-6-8-20(19)27(35)36/h5-14,26H,4,15H2,1-3H3,(H,33,34)(H,35,36)(H2,31,32,38)/b30-14-/t26-/m0/s1. The van der Waals surface area contributed by atoms with Gasteiger partial charge < -0.3 is 34.4 Å². The number of urea groups is 1. The van der Waals surface area contributed by atoms with E-state index in [1.54, 1.807) is 62.4 Å². The number of hydrogen-bond acceptors (Lipinski definition) is 9. The molecule has 1 aromatic heterocycles. The minimum absolute atomic E-state index is 0.0933. The molecule has 0 bridgehead atoms. The monoisotopic (exact) mass is 576 g/mol. The molecule has 4 rings (SSSR count). The van der Waals surface area contributed by atoms with Crippen molar-refractivity contribution < 1.29 is 42.9 Å². The van der Waals surface area contributed by atoms with Crippen LogP contribution in [0.4, 0.5) is 4.79 Å². The number of esters is 1. The van der Waals surface area contributed by atoms with Gasteiger partial charge in [0.15, 0.2) is 18.1 Å². The first-order valence-corrected chi connectivity index (χ1v) is 12.7. The molecule has 218 valence electrons. The number of methoxy groups -OCH3 is 1. The van der Waals surface area contributed by atoms with Crippen LogP contribution in [0.5, 0.6) is 11.5 Å². The minimum Gasteiger partial charge on any atom is -0.493 e. The van der Waals surface area contributed by atoms with Crippen LogP contribution in [-0.2, 0) is 14.3 Å². The lowest BCUT2D eigenvalue weighted by atomic mass is 9.95. The molecule has 2 aromatic carbocycles. The fraction of sp³-hybridized carbons (Fsp3) is 0.207. The number of carboxylic acids is 1. The Morgan fingerprint density at radius 1 is 1.12 bits per heavy atom. The Labute approximate surface area is 240 Å². The Balaban J connectivity index is 1.39. The van der Waals surface area contributed by atoms with Crippen LogP contribution in [0.2, 0.25) is 0 Å². The lowest BCUT2D eigenvalue weighted by molar-refractivity contribution is -0.139. The summed E-state index contributed by atoms with van der Waals surface area (Å²) < 4.78 is 21.8. The van der Waals surface area contributed by atoms with Gasteiger partial charge in [0.2, 0.25) is 0 Å². The SMILES string of the molecule is CCOC(=O)C1=C(C)NC(=O)N[C@H]1c1ccc(OCC(=O)N/N=C\c2ccc(-c3ccccc3C(=O)O)o2)c(OC)c1. The summed E-state index contributed by atoms with van der Waals surface area (Å²) in [6, 6.07) is 13.1. The number of furan rings is 1. The van der Waals surface area contributed by atoms with Crippen molar-refractivity contribution in [2.75, 3.05) is 20.3 Å². The van der Waals surface area contributed by atoms with Crippen molar-refractivity contribution in [2.45, 2.75) is 19.9 Å². The van der Waals surface area contributed by atoms with Gasteiger partial charge in [0, 0.05) is 11.3 Å². The van der Waals surface area contributed by atoms with Crippen LogP contribution in [0.25, 0.3) is 11.3 Å². The van der Waals surface area contributed by atoms with Gasteiger partial charge in [0.05, 0.1) is 37.1 Å². The van der Waals surface area contributed by atoms with Gasteiger partial charge in [-0.2, -0.15) is 5.10 Å². The highest BCUT2D eigenvalue weighted by atomic mass is 16.5. The predicted octanol–water partition coefficient (Wildman–Crippen LogP) is 3.37. The summed E-state index contributed by atoms with van der Waals surface area (Å²) in [6.07, 6.45) is 1.27. The molecule has 13 nitrogen and oxygen atoms in total. The third-order valence-electron chi connectivity index (χ3n) is 6.08. The summed E-state index contributed by atoms with van der Waals surface area (Å²) in [6.45, 7) is 3.06. The van der Waals surface area contributed by atoms with Gasteiger partial charge >= 0.3 is 18.0 Å². The highest BCUT2D eigenvalue weighted by molar-refractivity contribution is 5.96. The quantitative estimate of drug-likeness (QED) is 0.151. The summed E-state index contributed by atoms with van der Waals surface area (Å²) in [4.78, 5) is 48.5. The maximum absolute atomic E-state index is 12.6. The van der Waals surface area contributed by atoms with E-state index in [0.717, 1.165) is 0 Å². The van der Waals surface area contributed by atoms with Crippen molar-refractivity contribution in [2.24, 2.45) is 5.10 Å². The second kappa shape index (κ2) is 13.2. The molecular weight excluding hydrogens is 548 g/mol. The highest BCUT2D eigenvalue weighted by Crippen LogP contribution is 2.34. The van der Waals surface area contributed by atoms with E-state index in [4.69, 9.17) is 18.6 Å². The zero-order valence-corrected chi connectivity index (χ0v) is 22.9. The molecule has 2 heterocycles. The molecule has 0 fully saturated rings. The number of benzene rings is 2. The summed E-state index contributed by atoms with van der Waals surface area (Å²) in [7, 11) is 1.41. The van der Waals surface area contributed by atoms with Gasteiger partial charge in [-0.15, -0.1) is 0 Å². The summed E-state index contributed by atoms with van der Waals surface area (Å²) in [5, 5.41) is 18.5. The number of aromatic carboxylic acids is 1. The molecule has 13 heteroatoms. The molecule has 4 N–H and O–H groups in total. The number of nitrogens with one attached hydrogen (secondary N) is 3. The summed E-state index contributed by atoms with van der Waals surface area (Å²) in [5.74, 6) is -1.09. The van der Waals surface area contributed by atoms with Crippen molar-refractivity contribution >= 4 is 30.1 Å². The third-order valence-corrected chi connectivity index (χ3v) is 6.08. The van der Waals surface area contributed by atoms with Crippen molar-refractivity contribution in [1.29, 1.82) is 0 Å². The van der Waals surface area contributed by atoms with E-state index in [9.17, 15) is 24.3 Å². The number of amides is 3. The Hall–Kier alpha value is -5.59.